The smallest absolute Gasteiger partial charge is 0.263 e. The number of nitrogens with one attached hydrogen (secondary N) is 1. The van der Waals surface area contributed by atoms with Crippen molar-refractivity contribution < 1.29 is 13.5 Å². The summed E-state index contributed by atoms with van der Waals surface area (Å²) in [4.78, 5) is 4.01. The highest BCUT2D eigenvalue weighted by Gasteiger charge is 2.17. The van der Waals surface area contributed by atoms with E-state index in [0.717, 1.165) is 5.56 Å². The summed E-state index contributed by atoms with van der Waals surface area (Å²) < 4.78 is 27.3. The van der Waals surface area contributed by atoms with Crippen LogP contribution >= 0.6 is 0 Å². The maximum absolute atomic E-state index is 12.4. The van der Waals surface area contributed by atoms with E-state index < -0.39 is 10.0 Å². The van der Waals surface area contributed by atoms with Crippen LogP contribution in [0.15, 0.2) is 47.6 Å². The minimum atomic E-state index is -3.77. The first kappa shape index (κ1) is 15.0. The quantitative estimate of drug-likeness (QED) is 0.843. The highest BCUT2D eigenvalue weighted by atomic mass is 32.2. The standard InChI is InChI=1S/C15H14N2O3S/c1-12-9-14(11-16-10-12)17-21(19,20)15-7-3-2-5-13(15)6-4-8-18/h2-3,5,7,9-11,17-18H,8H2,1H3. The van der Waals surface area contributed by atoms with Crippen LogP contribution < -0.4 is 4.72 Å². The first-order valence-electron chi connectivity index (χ1n) is 6.16. The van der Waals surface area contributed by atoms with Gasteiger partial charge in [-0.15, -0.1) is 0 Å². The average Bonchev–Trinajstić information content (AvgIpc) is 2.45. The average molecular weight is 302 g/mol. The molecule has 108 valence electrons. The fourth-order valence-electron chi connectivity index (χ4n) is 1.76. The summed E-state index contributed by atoms with van der Waals surface area (Å²) in [6.45, 7) is 1.50. The zero-order valence-electron chi connectivity index (χ0n) is 11.4. The molecule has 21 heavy (non-hydrogen) atoms. The molecule has 0 saturated heterocycles. The number of pyridine rings is 1. The lowest BCUT2D eigenvalue weighted by molar-refractivity contribution is 0.350. The molecular formula is C15H14N2O3S. The molecule has 0 aliphatic rings. The van der Waals surface area contributed by atoms with Gasteiger partial charge in [0.2, 0.25) is 0 Å². The van der Waals surface area contributed by atoms with E-state index >= 15 is 0 Å². The molecule has 1 aromatic carbocycles. The highest BCUT2D eigenvalue weighted by molar-refractivity contribution is 7.92. The number of aryl methyl sites for hydroxylation is 1. The van der Waals surface area contributed by atoms with Gasteiger partial charge in [-0.1, -0.05) is 24.0 Å². The van der Waals surface area contributed by atoms with Crippen molar-refractivity contribution in [2.45, 2.75) is 11.8 Å². The monoisotopic (exact) mass is 302 g/mol. The van der Waals surface area contributed by atoms with Crippen LogP contribution in [0.25, 0.3) is 0 Å². The van der Waals surface area contributed by atoms with Crippen molar-refractivity contribution in [3.63, 3.8) is 0 Å². The Morgan fingerprint density at radius 1 is 1.29 bits per heavy atom. The molecule has 6 heteroatoms. The van der Waals surface area contributed by atoms with E-state index in [1.807, 2.05) is 6.92 Å². The molecule has 0 aliphatic carbocycles. The van der Waals surface area contributed by atoms with Crippen molar-refractivity contribution >= 4 is 15.7 Å². The number of nitrogens with zero attached hydrogens (tertiary/aromatic N) is 1. The summed E-state index contributed by atoms with van der Waals surface area (Å²) in [7, 11) is -3.77. The lowest BCUT2D eigenvalue weighted by Crippen LogP contribution is -2.14. The Balaban J connectivity index is 2.40. The number of aromatic nitrogens is 1. The Kier molecular flexibility index (Phi) is 4.58. The third-order valence-corrected chi connectivity index (χ3v) is 4.05. The molecule has 2 aromatic rings. The topological polar surface area (TPSA) is 79.3 Å². The van der Waals surface area contributed by atoms with Gasteiger partial charge in [0, 0.05) is 11.8 Å². The molecule has 0 atom stereocenters. The lowest BCUT2D eigenvalue weighted by Gasteiger charge is -2.09. The van der Waals surface area contributed by atoms with Crippen LogP contribution in [0.4, 0.5) is 5.69 Å². The summed E-state index contributed by atoms with van der Waals surface area (Å²) in [5.74, 6) is 5.08. The maximum Gasteiger partial charge on any atom is 0.263 e. The normalized spacial score (nSPS) is 10.6. The van der Waals surface area contributed by atoms with Crippen LogP contribution in [-0.2, 0) is 10.0 Å². The van der Waals surface area contributed by atoms with E-state index in [1.54, 1.807) is 30.5 Å². The molecule has 0 amide bonds. The second-order valence-corrected chi connectivity index (χ2v) is 5.96. The van der Waals surface area contributed by atoms with Gasteiger partial charge in [-0.2, -0.15) is 0 Å². The van der Waals surface area contributed by atoms with Crippen molar-refractivity contribution in [2.75, 3.05) is 11.3 Å². The van der Waals surface area contributed by atoms with Crippen molar-refractivity contribution in [1.82, 2.24) is 4.98 Å². The fraction of sp³-hybridized carbons (Fsp3) is 0.133. The van der Waals surface area contributed by atoms with Gasteiger partial charge in [0.1, 0.15) is 11.5 Å². The predicted molar refractivity (Wildman–Crippen MR) is 80.2 cm³/mol. The van der Waals surface area contributed by atoms with Crippen LogP contribution in [0.1, 0.15) is 11.1 Å². The Hall–Kier alpha value is -2.36. The number of aliphatic hydroxyl groups is 1. The minimum absolute atomic E-state index is 0.0625. The predicted octanol–water partition coefficient (Wildman–Crippen LogP) is 1.53. The van der Waals surface area contributed by atoms with Gasteiger partial charge in [0.25, 0.3) is 10.0 Å². The minimum Gasteiger partial charge on any atom is -0.384 e. The van der Waals surface area contributed by atoms with E-state index in [0.29, 0.717) is 11.3 Å². The molecule has 1 aromatic heterocycles. The number of anilines is 1. The van der Waals surface area contributed by atoms with Gasteiger partial charge in [-0.3, -0.25) is 9.71 Å². The Labute approximate surface area is 123 Å². The van der Waals surface area contributed by atoms with Gasteiger partial charge in [0.05, 0.1) is 11.9 Å². The third-order valence-electron chi connectivity index (χ3n) is 2.61. The van der Waals surface area contributed by atoms with Crippen molar-refractivity contribution in [2.24, 2.45) is 0 Å². The zero-order chi connectivity index (χ0) is 15.3. The number of sulfonamides is 1. The number of benzene rings is 1. The summed E-state index contributed by atoms with van der Waals surface area (Å²) in [5, 5.41) is 8.74. The molecule has 0 bridgehead atoms. The molecule has 0 fully saturated rings. The number of rotatable bonds is 3. The van der Waals surface area contributed by atoms with E-state index in [9.17, 15) is 8.42 Å². The Morgan fingerprint density at radius 3 is 2.76 bits per heavy atom. The molecule has 0 saturated carbocycles. The Morgan fingerprint density at radius 2 is 2.05 bits per heavy atom. The summed E-state index contributed by atoms with van der Waals surface area (Å²) in [6, 6.07) is 8.05. The maximum atomic E-state index is 12.4. The number of hydrogen-bond donors (Lipinski definition) is 2. The van der Waals surface area contributed by atoms with Crippen LogP contribution in [0.2, 0.25) is 0 Å². The van der Waals surface area contributed by atoms with Gasteiger partial charge in [-0.05, 0) is 30.7 Å². The Bertz CT molecular complexity index is 805. The number of hydrogen-bond acceptors (Lipinski definition) is 4. The van der Waals surface area contributed by atoms with E-state index in [1.165, 1.54) is 12.3 Å². The van der Waals surface area contributed by atoms with E-state index in [4.69, 9.17) is 5.11 Å². The van der Waals surface area contributed by atoms with Crippen molar-refractivity contribution in [3.8, 4) is 11.8 Å². The van der Waals surface area contributed by atoms with E-state index in [-0.39, 0.29) is 11.5 Å². The van der Waals surface area contributed by atoms with Crippen molar-refractivity contribution in [3.05, 3.63) is 53.9 Å². The first-order valence-corrected chi connectivity index (χ1v) is 7.64. The SMILES string of the molecule is Cc1cncc(NS(=O)(=O)c2ccccc2C#CCO)c1. The molecule has 0 radical (unpaired) electrons. The fourth-order valence-corrected chi connectivity index (χ4v) is 2.96. The van der Waals surface area contributed by atoms with Crippen LogP contribution in [0, 0.1) is 18.8 Å². The van der Waals surface area contributed by atoms with Gasteiger partial charge < -0.3 is 5.11 Å². The molecule has 0 spiro atoms. The van der Waals surface area contributed by atoms with Gasteiger partial charge >= 0.3 is 0 Å². The molecule has 0 aliphatic heterocycles. The molecule has 2 rings (SSSR count). The first-order chi connectivity index (χ1) is 10.0. The largest absolute Gasteiger partial charge is 0.384 e. The van der Waals surface area contributed by atoms with Crippen molar-refractivity contribution in [1.29, 1.82) is 0 Å². The zero-order valence-corrected chi connectivity index (χ0v) is 12.2. The van der Waals surface area contributed by atoms with E-state index in [2.05, 4.69) is 21.5 Å². The van der Waals surface area contributed by atoms with Gasteiger partial charge in [-0.25, -0.2) is 8.42 Å². The molecule has 2 N–H and O–H groups in total. The molecule has 1 heterocycles. The van der Waals surface area contributed by atoms with Gasteiger partial charge in [0.15, 0.2) is 0 Å². The summed E-state index contributed by atoms with van der Waals surface area (Å²) in [5.41, 5.74) is 1.57. The highest BCUT2D eigenvalue weighted by Crippen LogP contribution is 2.19. The third kappa shape index (κ3) is 3.81. The van der Waals surface area contributed by atoms with Crippen LogP contribution in [0.3, 0.4) is 0 Å². The molecule has 0 unspecified atom stereocenters. The second-order valence-electron chi connectivity index (χ2n) is 4.31. The second kappa shape index (κ2) is 6.39. The summed E-state index contributed by atoms with van der Waals surface area (Å²) in [6.07, 6.45) is 3.07. The van der Waals surface area contributed by atoms with Crippen LogP contribution in [-0.4, -0.2) is 25.1 Å². The number of aliphatic hydroxyl groups excluding tert-OH is 1. The van der Waals surface area contributed by atoms with Crippen LogP contribution in [0.5, 0.6) is 0 Å². The lowest BCUT2D eigenvalue weighted by atomic mass is 10.2. The summed E-state index contributed by atoms with van der Waals surface area (Å²) >= 11 is 0. The molecule has 5 nitrogen and oxygen atoms in total. The molecular weight excluding hydrogens is 288 g/mol.